The monoisotopic (exact) mass is 484 g/mol. The van der Waals surface area contributed by atoms with Gasteiger partial charge >= 0.3 is 0 Å². The number of anilines is 2. The van der Waals surface area contributed by atoms with Gasteiger partial charge in [0.05, 0.1) is 12.8 Å². The largest absolute Gasteiger partial charge is 0.495 e. The second kappa shape index (κ2) is 10.2. The lowest BCUT2D eigenvalue weighted by Gasteiger charge is -2.30. The SMILES string of the molecule is CCNC(=O)C1CCN(c2nc3ncn(CC(=O)Nc4cc(C)ccc4OC)c(=O)c3s2)CC1. The van der Waals surface area contributed by atoms with Crippen LogP contribution in [0.3, 0.4) is 0 Å². The van der Waals surface area contributed by atoms with Crippen LogP contribution in [0.15, 0.2) is 29.3 Å². The summed E-state index contributed by atoms with van der Waals surface area (Å²) in [5.41, 5.74) is 1.58. The molecule has 0 aliphatic carbocycles. The van der Waals surface area contributed by atoms with E-state index in [-0.39, 0.29) is 29.8 Å². The molecule has 10 nitrogen and oxygen atoms in total. The number of thiazole rings is 1. The van der Waals surface area contributed by atoms with E-state index in [1.165, 1.54) is 29.3 Å². The first-order valence-electron chi connectivity index (χ1n) is 11.2. The van der Waals surface area contributed by atoms with Gasteiger partial charge in [-0.3, -0.25) is 19.0 Å². The van der Waals surface area contributed by atoms with Gasteiger partial charge in [0.15, 0.2) is 10.8 Å². The van der Waals surface area contributed by atoms with Gasteiger partial charge in [0, 0.05) is 25.6 Å². The van der Waals surface area contributed by atoms with Gasteiger partial charge in [-0.15, -0.1) is 0 Å². The smallest absolute Gasteiger partial charge is 0.273 e. The van der Waals surface area contributed by atoms with Crippen LogP contribution >= 0.6 is 11.3 Å². The Kier molecular flexibility index (Phi) is 7.11. The normalized spacial score (nSPS) is 14.3. The van der Waals surface area contributed by atoms with E-state index >= 15 is 0 Å². The number of fused-ring (bicyclic) bond motifs is 1. The Labute approximate surface area is 201 Å². The summed E-state index contributed by atoms with van der Waals surface area (Å²) in [4.78, 5) is 48.6. The van der Waals surface area contributed by atoms with E-state index < -0.39 is 0 Å². The Morgan fingerprint density at radius 1 is 1.26 bits per heavy atom. The van der Waals surface area contributed by atoms with Gasteiger partial charge < -0.3 is 20.3 Å². The van der Waals surface area contributed by atoms with Crippen molar-refractivity contribution < 1.29 is 14.3 Å². The fourth-order valence-corrected chi connectivity index (χ4v) is 5.02. The molecule has 180 valence electrons. The third kappa shape index (κ3) is 5.04. The van der Waals surface area contributed by atoms with Gasteiger partial charge in [-0.2, -0.15) is 4.98 Å². The number of piperidine rings is 1. The summed E-state index contributed by atoms with van der Waals surface area (Å²) in [5.74, 6) is 0.288. The lowest BCUT2D eigenvalue weighted by molar-refractivity contribution is -0.125. The molecule has 2 aromatic heterocycles. The molecule has 0 unspecified atom stereocenters. The molecule has 0 saturated carbocycles. The van der Waals surface area contributed by atoms with Crippen LogP contribution in [-0.2, 0) is 16.1 Å². The Morgan fingerprint density at radius 3 is 2.74 bits per heavy atom. The Bertz CT molecular complexity index is 1260. The van der Waals surface area contributed by atoms with Crippen LogP contribution in [0.4, 0.5) is 10.8 Å². The van der Waals surface area contributed by atoms with Crippen molar-refractivity contribution in [3.63, 3.8) is 0 Å². The van der Waals surface area contributed by atoms with Crippen molar-refractivity contribution in [3.05, 3.63) is 40.4 Å². The number of nitrogens with one attached hydrogen (secondary N) is 2. The molecule has 3 heterocycles. The highest BCUT2D eigenvalue weighted by Gasteiger charge is 2.26. The number of amides is 2. The zero-order valence-electron chi connectivity index (χ0n) is 19.5. The van der Waals surface area contributed by atoms with E-state index in [2.05, 4.69) is 25.5 Å². The summed E-state index contributed by atoms with van der Waals surface area (Å²) in [7, 11) is 1.53. The quantitative estimate of drug-likeness (QED) is 0.528. The molecule has 1 aromatic carbocycles. The molecular weight excluding hydrogens is 456 g/mol. The Morgan fingerprint density at radius 2 is 2.03 bits per heavy atom. The molecule has 1 saturated heterocycles. The highest BCUT2D eigenvalue weighted by atomic mass is 32.1. The Hall–Kier alpha value is -3.47. The van der Waals surface area contributed by atoms with Gasteiger partial charge in [-0.1, -0.05) is 17.4 Å². The molecule has 3 aromatic rings. The summed E-state index contributed by atoms with van der Waals surface area (Å²) >= 11 is 1.27. The van der Waals surface area contributed by atoms with E-state index in [9.17, 15) is 14.4 Å². The van der Waals surface area contributed by atoms with Crippen LogP contribution in [0, 0.1) is 12.8 Å². The molecule has 0 spiro atoms. The molecule has 1 aliphatic heterocycles. The van der Waals surface area contributed by atoms with E-state index in [0.717, 1.165) is 18.4 Å². The van der Waals surface area contributed by atoms with E-state index in [1.807, 2.05) is 26.0 Å². The van der Waals surface area contributed by atoms with E-state index in [0.29, 0.717) is 46.5 Å². The molecular formula is C23H28N6O4S. The summed E-state index contributed by atoms with van der Waals surface area (Å²) in [6, 6.07) is 5.48. The molecule has 4 rings (SSSR count). The first kappa shape index (κ1) is 23.7. The number of hydrogen-bond donors (Lipinski definition) is 2. The van der Waals surface area contributed by atoms with Crippen molar-refractivity contribution in [2.75, 3.05) is 37.0 Å². The maximum absolute atomic E-state index is 13.0. The Balaban J connectivity index is 1.46. The standard InChI is InChI=1S/C23H28N6O4S/c1-4-24-21(31)15-7-9-28(10-8-15)23-27-20-19(34-23)22(32)29(13-25-20)12-18(30)26-16-11-14(2)5-6-17(16)33-3/h5-6,11,13,15H,4,7-10,12H2,1-3H3,(H,24,31)(H,26,30). The number of benzene rings is 1. The average molecular weight is 485 g/mol. The topological polar surface area (TPSA) is 118 Å². The summed E-state index contributed by atoms with van der Waals surface area (Å²) in [6.07, 6.45) is 2.83. The summed E-state index contributed by atoms with van der Waals surface area (Å²) < 4.78 is 6.98. The van der Waals surface area contributed by atoms with Crippen LogP contribution in [-0.4, -0.2) is 53.1 Å². The molecule has 0 radical (unpaired) electrons. The molecule has 11 heteroatoms. The highest BCUT2D eigenvalue weighted by Crippen LogP contribution is 2.29. The molecule has 0 bridgehead atoms. The number of aryl methyl sites for hydroxylation is 1. The highest BCUT2D eigenvalue weighted by molar-refractivity contribution is 7.22. The number of ether oxygens (including phenoxy) is 1. The number of methoxy groups -OCH3 is 1. The molecule has 34 heavy (non-hydrogen) atoms. The first-order valence-corrected chi connectivity index (χ1v) is 12.0. The maximum Gasteiger partial charge on any atom is 0.273 e. The third-order valence-electron chi connectivity index (χ3n) is 5.80. The molecule has 0 atom stereocenters. The van der Waals surface area contributed by atoms with Crippen LogP contribution < -0.4 is 25.8 Å². The van der Waals surface area contributed by atoms with Gasteiger partial charge in [-0.25, -0.2) is 4.98 Å². The van der Waals surface area contributed by atoms with Crippen molar-refractivity contribution in [1.82, 2.24) is 19.9 Å². The molecule has 2 N–H and O–H groups in total. The van der Waals surface area contributed by atoms with Crippen LogP contribution in [0.5, 0.6) is 5.75 Å². The van der Waals surface area contributed by atoms with Crippen molar-refractivity contribution in [2.24, 2.45) is 5.92 Å². The molecule has 1 fully saturated rings. The minimum atomic E-state index is -0.357. The molecule has 1 aliphatic rings. The third-order valence-corrected chi connectivity index (χ3v) is 6.90. The maximum atomic E-state index is 13.0. The minimum Gasteiger partial charge on any atom is -0.495 e. The fourth-order valence-electron chi connectivity index (χ4n) is 4.00. The van der Waals surface area contributed by atoms with Crippen molar-refractivity contribution in [1.29, 1.82) is 0 Å². The predicted octanol–water partition coefficient (Wildman–Crippen LogP) is 2.16. The number of carbonyl (C=O) groups excluding carboxylic acids is 2. The number of aromatic nitrogens is 3. The number of carbonyl (C=O) groups is 2. The predicted molar refractivity (Wildman–Crippen MR) is 132 cm³/mol. The average Bonchev–Trinajstić information content (AvgIpc) is 3.27. The van der Waals surface area contributed by atoms with Crippen LogP contribution in [0.2, 0.25) is 0 Å². The van der Waals surface area contributed by atoms with Crippen molar-refractivity contribution in [2.45, 2.75) is 33.2 Å². The minimum absolute atomic E-state index is 0.00599. The lowest BCUT2D eigenvalue weighted by Crippen LogP contribution is -2.40. The zero-order chi connectivity index (χ0) is 24.2. The number of rotatable bonds is 7. The van der Waals surface area contributed by atoms with Gasteiger partial charge in [0.25, 0.3) is 5.56 Å². The second-order valence-corrected chi connectivity index (χ2v) is 9.21. The second-order valence-electron chi connectivity index (χ2n) is 8.23. The van der Waals surface area contributed by atoms with Crippen molar-refractivity contribution >= 4 is 44.3 Å². The lowest BCUT2D eigenvalue weighted by atomic mass is 9.96. The number of nitrogens with zero attached hydrogens (tertiary/aromatic N) is 4. The van der Waals surface area contributed by atoms with Gasteiger partial charge in [-0.05, 0) is 44.4 Å². The first-order chi connectivity index (χ1) is 16.4. The zero-order valence-corrected chi connectivity index (χ0v) is 20.3. The van der Waals surface area contributed by atoms with Crippen LogP contribution in [0.25, 0.3) is 10.3 Å². The van der Waals surface area contributed by atoms with Gasteiger partial charge in [0.1, 0.15) is 23.3 Å². The summed E-state index contributed by atoms with van der Waals surface area (Å²) in [6.45, 7) is 5.67. The van der Waals surface area contributed by atoms with E-state index in [4.69, 9.17) is 4.74 Å². The molecule has 2 amide bonds. The van der Waals surface area contributed by atoms with E-state index in [1.54, 1.807) is 6.07 Å². The fraction of sp³-hybridized carbons (Fsp3) is 0.435. The summed E-state index contributed by atoms with van der Waals surface area (Å²) in [5, 5.41) is 6.39. The van der Waals surface area contributed by atoms with Crippen LogP contribution in [0.1, 0.15) is 25.3 Å². The van der Waals surface area contributed by atoms with Crippen molar-refractivity contribution in [3.8, 4) is 5.75 Å². The number of hydrogen-bond acceptors (Lipinski definition) is 8. The van der Waals surface area contributed by atoms with Gasteiger partial charge in [0.2, 0.25) is 11.8 Å².